The van der Waals surface area contributed by atoms with Gasteiger partial charge in [-0.15, -0.1) is 0 Å². The van der Waals surface area contributed by atoms with E-state index in [1.165, 1.54) is 11.1 Å². The highest BCUT2D eigenvalue weighted by molar-refractivity contribution is 6.16. The van der Waals surface area contributed by atoms with E-state index in [2.05, 4.69) is 147 Å². The van der Waals surface area contributed by atoms with Crippen molar-refractivity contribution in [3.05, 3.63) is 190 Å². The number of hydrogen-bond donors (Lipinski definition) is 0. The summed E-state index contributed by atoms with van der Waals surface area (Å²) in [7, 11) is 0. The van der Waals surface area contributed by atoms with Crippen LogP contribution in [0.15, 0.2) is 163 Å². The molecule has 0 aliphatic rings. The Morgan fingerprint density at radius 2 is 0.547 bits per heavy atom. The van der Waals surface area contributed by atoms with Gasteiger partial charge in [0.05, 0.1) is 0 Å². The second-order valence-corrected chi connectivity index (χ2v) is 15.6. The lowest BCUT2D eigenvalue weighted by molar-refractivity contribution is 0.664. The molecule has 4 nitrogen and oxygen atoms in total. The molecule has 0 fully saturated rings. The van der Waals surface area contributed by atoms with E-state index >= 15 is 0 Å². The average molecular weight is 829 g/mol. The van der Waals surface area contributed by atoms with Gasteiger partial charge in [-0.1, -0.05) is 111 Å². The summed E-state index contributed by atoms with van der Waals surface area (Å²) in [6.07, 6.45) is 4.21. The third-order valence-corrected chi connectivity index (χ3v) is 11.5. The molecule has 4 heteroatoms. The smallest absolute Gasteiger partial charge is 0.136 e. The summed E-state index contributed by atoms with van der Waals surface area (Å²) in [5.41, 5.74) is 14.9. The van der Waals surface area contributed by atoms with Crippen molar-refractivity contribution < 1.29 is 17.7 Å². The molecule has 4 aromatic heterocycles. The molecular formula is C60H44O4. The van der Waals surface area contributed by atoms with E-state index in [1.54, 1.807) is 0 Å². The highest BCUT2D eigenvalue weighted by Crippen LogP contribution is 2.39. The largest absolute Gasteiger partial charge is 0.456 e. The van der Waals surface area contributed by atoms with Gasteiger partial charge in [0.1, 0.15) is 44.7 Å². The normalized spacial score (nSPS) is 11.3. The summed E-state index contributed by atoms with van der Waals surface area (Å²) in [6.45, 7) is 12.2. The molecule has 0 spiro atoms. The summed E-state index contributed by atoms with van der Waals surface area (Å²) in [4.78, 5) is 0. The summed E-state index contributed by atoms with van der Waals surface area (Å²) >= 11 is 0. The van der Waals surface area contributed by atoms with Crippen molar-refractivity contribution in [3.63, 3.8) is 0 Å². The lowest BCUT2D eigenvalue weighted by Gasteiger charge is -1.96. The quantitative estimate of drug-likeness (QED) is 0.129. The number of rotatable bonds is 2. The van der Waals surface area contributed by atoms with E-state index in [0.29, 0.717) is 0 Å². The molecule has 0 amide bonds. The molecule has 64 heavy (non-hydrogen) atoms. The Hall–Kier alpha value is -8.18. The minimum Gasteiger partial charge on any atom is -0.456 e. The molecule has 8 aromatic carbocycles. The molecule has 0 saturated carbocycles. The van der Waals surface area contributed by atoms with Crippen molar-refractivity contribution >= 4 is 99.9 Å². The van der Waals surface area contributed by atoms with Gasteiger partial charge in [0.2, 0.25) is 0 Å². The maximum absolute atomic E-state index is 6.45. The molecule has 12 aromatic rings. The Labute approximate surface area is 371 Å². The molecular weight excluding hydrogens is 785 g/mol. The highest BCUT2D eigenvalue weighted by Gasteiger charge is 2.16. The lowest BCUT2D eigenvalue weighted by atomic mass is 10.1. The van der Waals surface area contributed by atoms with E-state index in [1.807, 2.05) is 76.2 Å². The maximum Gasteiger partial charge on any atom is 0.136 e. The minimum atomic E-state index is 0.810. The highest BCUT2D eigenvalue weighted by atomic mass is 16.3. The monoisotopic (exact) mass is 828 g/mol. The second kappa shape index (κ2) is 16.6. The fourth-order valence-electron chi connectivity index (χ4n) is 8.24. The van der Waals surface area contributed by atoms with Gasteiger partial charge in [-0.05, 0) is 134 Å². The molecule has 0 aliphatic heterocycles. The van der Waals surface area contributed by atoms with Crippen LogP contribution in [0.4, 0.5) is 0 Å². The van der Waals surface area contributed by atoms with Crippen LogP contribution in [0, 0.1) is 37.5 Å². The van der Waals surface area contributed by atoms with Crippen molar-refractivity contribution in [2.24, 2.45) is 0 Å². The Balaban J connectivity index is 0.00000118. The van der Waals surface area contributed by atoms with Crippen molar-refractivity contribution in [1.82, 2.24) is 0 Å². The third kappa shape index (κ3) is 7.36. The molecule has 0 aliphatic carbocycles. The first-order chi connectivity index (χ1) is 31.4. The summed E-state index contributed by atoms with van der Waals surface area (Å²) in [5, 5.41) is 8.25. The first-order valence-corrected chi connectivity index (χ1v) is 21.9. The van der Waals surface area contributed by atoms with Crippen molar-refractivity contribution in [2.75, 3.05) is 0 Å². The molecule has 12 rings (SSSR count). The molecule has 4 heterocycles. The average Bonchev–Trinajstić information content (AvgIpc) is 4.08. The predicted molar refractivity (Wildman–Crippen MR) is 268 cm³/mol. The molecule has 308 valence electrons. The zero-order valence-electron chi connectivity index (χ0n) is 36.6. The van der Waals surface area contributed by atoms with Gasteiger partial charge < -0.3 is 17.7 Å². The van der Waals surface area contributed by atoms with Crippen LogP contribution in [0.2, 0.25) is 0 Å². The summed E-state index contributed by atoms with van der Waals surface area (Å²) in [5.74, 6) is 13.1. The van der Waals surface area contributed by atoms with Crippen LogP contribution in [-0.4, -0.2) is 0 Å². The van der Waals surface area contributed by atoms with E-state index in [4.69, 9.17) is 17.7 Å². The van der Waals surface area contributed by atoms with E-state index in [9.17, 15) is 0 Å². The van der Waals surface area contributed by atoms with Gasteiger partial charge in [0, 0.05) is 65.3 Å². The lowest BCUT2D eigenvalue weighted by Crippen LogP contribution is -1.77. The topological polar surface area (TPSA) is 52.6 Å². The molecule has 0 saturated heterocycles. The predicted octanol–water partition coefficient (Wildman–Crippen LogP) is 16.9. The van der Waals surface area contributed by atoms with Crippen LogP contribution in [-0.2, 0) is 0 Å². The van der Waals surface area contributed by atoms with Crippen LogP contribution in [0.1, 0.15) is 72.2 Å². The Kier molecular flexibility index (Phi) is 10.4. The number of fused-ring (bicyclic) bond motifs is 12. The Morgan fingerprint density at radius 1 is 0.281 bits per heavy atom. The first kappa shape index (κ1) is 39.9. The number of hydrogen-bond acceptors (Lipinski definition) is 4. The number of benzene rings is 8. The van der Waals surface area contributed by atoms with Gasteiger partial charge in [0.25, 0.3) is 0 Å². The summed E-state index contributed by atoms with van der Waals surface area (Å²) in [6, 6.07) is 49.8. The zero-order valence-corrected chi connectivity index (χ0v) is 36.6. The van der Waals surface area contributed by atoms with Crippen molar-refractivity contribution in [2.45, 2.75) is 41.5 Å². The van der Waals surface area contributed by atoms with E-state index in [-0.39, 0.29) is 0 Å². The Bertz CT molecular complexity index is 3640. The molecule has 0 radical (unpaired) electrons. The van der Waals surface area contributed by atoms with Gasteiger partial charge in [-0.25, -0.2) is 0 Å². The standard InChI is InChI=1S/C56H32O4.2C2H6/c1-33-3-7-35(8-4-33)11-13-37-17-21-41-45-29-55-47(31-53(45)57-49(41)25-37)43-23-19-39(27-51(43)59-55)15-16-40-20-24-44-48-32-54-46(30-56(48)60-52(44)28-40)42-22-18-38(26-50(42)58-54)14-12-36-9-5-34(2)6-10-36;2*1-2/h3-10,15-32H,1-2H3;2*1-2H3/b16-15+;;. The second-order valence-electron chi connectivity index (χ2n) is 15.6. The number of furan rings is 4. The SMILES string of the molecule is CC.CC.Cc1ccc(C#Cc2ccc3c(c2)oc2cc4c(cc23)oc2cc(/C=C/c3ccc5c(c3)oc3cc6c(cc35)oc3cc(C#Cc5ccc(C)cc5)ccc36)ccc24)cc1. The maximum atomic E-state index is 6.45. The van der Waals surface area contributed by atoms with Crippen LogP contribution < -0.4 is 0 Å². The minimum absolute atomic E-state index is 0.810. The van der Waals surface area contributed by atoms with Crippen LogP contribution in [0.5, 0.6) is 0 Å². The fourth-order valence-corrected chi connectivity index (χ4v) is 8.24. The van der Waals surface area contributed by atoms with E-state index in [0.717, 1.165) is 121 Å². The number of aryl methyl sites for hydroxylation is 2. The molecule has 0 N–H and O–H groups in total. The van der Waals surface area contributed by atoms with Gasteiger partial charge >= 0.3 is 0 Å². The molecule has 0 atom stereocenters. The zero-order chi connectivity index (χ0) is 43.9. The van der Waals surface area contributed by atoms with Crippen molar-refractivity contribution in [1.29, 1.82) is 0 Å². The third-order valence-electron chi connectivity index (χ3n) is 11.5. The van der Waals surface area contributed by atoms with Crippen LogP contribution >= 0.6 is 0 Å². The van der Waals surface area contributed by atoms with Crippen LogP contribution in [0.25, 0.3) is 99.9 Å². The van der Waals surface area contributed by atoms with E-state index < -0.39 is 0 Å². The van der Waals surface area contributed by atoms with Crippen molar-refractivity contribution in [3.8, 4) is 23.7 Å². The summed E-state index contributed by atoms with van der Waals surface area (Å²) < 4.78 is 25.6. The van der Waals surface area contributed by atoms with Gasteiger partial charge in [-0.3, -0.25) is 0 Å². The molecule has 0 bridgehead atoms. The van der Waals surface area contributed by atoms with Gasteiger partial charge in [0.15, 0.2) is 0 Å². The fraction of sp³-hybridized carbons (Fsp3) is 0.100. The first-order valence-electron chi connectivity index (χ1n) is 21.9. The molecule has 0 unspecified atom stereocenters. The van der Waals surface area contributed by atoms with Crippen LogP contribution in [0.3, 0.4) is 0 Å². The van der Waals surface area contributed by atoms with Gasteiger partial charge in [-0.2, -0.15) is 0 Å². The Morgan fingerprint density at radius 3 is 0.891 bits per heavy atom.